The van der Waals surface area contributed by atoms with Gasteiger partial charge >= 0.3 is 18.5 Å². The normalized spacial score (nSPS) is 12.1. The lowest BCUT2D eigenvalue weighted by Crippen LogP contribution is -2.26. The first-order valence-corrected chi connectivity index (χ1v) is 15.2. The van der Waals surface area contributed by atoms with E-state index in [1.807, 2.05) is 0 Å². The molecule has 49 heavy (non-hydrogen) atoms. The Bertz CT molecular complexity index is 1900. The first-order valence-electron chi connectivity index (χ1n) is 15.2. The molecule has 0 bridgehead atoms. The molecule has 0 N–H and O–H groups in total. The summed E-state index contributed by atoms with van der Waals surface area (Å²) in [7, 11) is 0. The molecule has 0 aromatic heterocycles. The molecule has 0 fully saturated rings. The number of alkyl halides is 6. The van der Waals surface area contributed by atoms with Crippen LogP contribution in [0.1, 0.15) is 42.9 Å². The summed E-state index contributed by atoms with van der Waals surface area (Å²) < 4.78 is 146. The van der Waals surface area contributed by atoms with E-state index in [0.717, 1.165) is 49.4 Å². The van der Waals surface area contributed by atoms with E-state index in [1.165, 1.54) is 54.6 Å². The molecule has 0 saturated carbocycles. The van der Waals surface area contributed by atoms with Gasteiger partial charge < -0.3 is 4.74 Å². The van der Waals surface area contributed by atoms with Crippen LogP contribution in [0.25, 0.3) is 33.4 Å². The molecule has 11 heteroatoms. The van der Waals surface area contributed by atoms with E-state index in [4.69, 9.17) is 4.74 Å². The van der Waals surface area contributed by atoms with E-state index in [2.05, 4.69) is 6.92 Å². The van der Waals surface area contributed by atoms with Gasteiger partial charge in [0.1, 0.15) is 29.0 Å². The Hall–Kier alpha value is -4.80. The summed E-state index contributed by atoms with van der Waals surface area (Å²) in [5.74, 6) is -11.1. The van der Waals surface area contributed by atoms with E-state index in [1.54, 1.807) is 12.1 Å². The fraction of sp³-hybridized carbons (Fsp3) is 0.211. The Balaban J connectivity index is 1.30. The van der Waals surface area contributed by atoms with Crippen molar-refractivity contribution in [2.24, 2.45) is 0 Å². The summed E-state index contributed by atoms with van der Waals surface area (Å²) in [6.07, 6.45) is -4.09. The SMILES string of the molecule is CCCCCc1ccc(C(F)(F)Oc2ccc(-c3ccc(-c4ccc(-c5cc(F)c(C(F)(F)C(F)F)c(F)c5)c(F)c4)c(F)c3)cc2)cc1. The van der Waals surface area contributed by atoms with Crippen molar-refractivity contribution in [3.63, 3.8) is 0 Å². The summed E-state index contributed by atoms with van der Waals surface area (Å²) in [5.41, 5.74) is -1.68. The van der Waals surface area contributed by atoms with Crippen LogP contribution >= 0.6 is 0 Å². The van der Waals surface area contributed by atoms with Gasteiger partial charge in [0.15, 0.2) is 0 Å². The molecular weight excluding hydrogens is 662 g/mol. The van der Waals surface area contributed by atoms with Crippen molar-refractivity contribution in [2.45, 2.75) is 51.1 Å². The number of aryl methyl sites for hydroxylation is 1. The van der Waals surface area contributed by atoms with E-state index < -0.39 is 58.4 Å². The monoisotopic (exact) mass is 690 g/mol. The Morgan fingerprint density at radius 3 is 1.63 bits per heavy atom. The molecule has 0 radical (unpaired) electrons. The molecule has 256 valence electrons. The lowest BCUT2D eigenvalue weighted by Gasteiger charge is -2.19. The van der Waals surface area contributed by atoms with E-state index in [0.29, 0.717) is 23.3 Å². The van der Waals surface area contributed by atoms with Crippen LogP contribution in [0.3, 0.4) is 0 Å². The number of unbranched alkanes of at least 4 members (excludes halogenated alkanes) is 2. The van der Waals surface area contributed by atoms with Gasteiger partial charge in [0, 0.05) is 11.1 Å². The maximum Gasteiger partial charge on any atom is 0.426 e. The molecular formula is C38H28F10O. The average molecular weight is 691 g/mol. The summed E-state index contributed by atoms with van der Waals surface area (Å²) in [4.78, 5) is 0. The number of ether oxygens (including phenoxy) is 1. The van der Waals surface area contributed by atoms with Gasteiger partial charge in [0.05, 0.1) is 11.1 Å². The molecule has 0 aliphatic carbocycles. The van der Waals surface area contributed by atoms with Crippen molar-refractivity contribution in [1.82, 2.24) is 0 Å². The lowest BCUT2D eigenvalue weighted by molar-refractivity contribution is -0.185. The van der Waals surface area contributed by atoms with Crippen LogP contribution < -0.4 is 4.74 Å². The maximum absolute atomic E-state index is 15.2. The minimum Gasteiger partial charge on any atom is -0.429 e. The Morgan fingerprint density at radius 2 is 1.08 bits per heavy atom. The van der Waals surface area contributed by atoms with Gasteiger partial charge in [0.25, 0.3) is 0 Å². The number of hydrogen-bond acceptors (Lipinski definition) is 1. The quantitative estimate of drug-likeness (QED) is 0.0935. The van der Waals surface area contributed by atoms with Gasteiger partial charge in [-0.25, -0.2) is 26.3 Å². The van der Waals surface area contributed by atoms with E-state index in [9.17, 15) is 35.1 Å². The Morgan fingerprint density at radius 1 is 0.571 bits per heavy atom. The van der Waals surface area contributed by atoms with Gasteiger partial charge in [-0.1, -0.05) is 68.3 Å². The number of benzene rings is 5. The smallest absolute Gasteiger partial charge is 0.426 e. The number of hydrogen-bond donors (Lipinski definition) is 0. The standard InChI is InChI=1S/C38H28F10O/c1-2-3-4-5-22-6-12-27(13-7-22)38(47,48)49-28-14-8-23(9-15-28)24-10-16-29(31(39)18-24)25-11-17-30(32(40)19-25)26-20-33(41)35(34(42)21-26)37(45,46)36(43)44/h6-21,36H,2-5H2,1H3. The topological polar surface area (TPSA) is 9.23 Å². The summed E-state index contributed by atoms with van der Waals surface area (Å²) >= 11 is 0. The highest BCUT2D eigenvalue weighted by molar-refractivity contribution is 5.74. The van der Waals surface area contributed by atoms with Gasteiger partial charge in [-0.2, -0.15) is 17.6 Å². The summed E-state index contributed by atoms with van der Waals surface area (Å²) in [5, 5.41) is 0. The zero-order chi connectivity index (χ0) is 35.5. The molecule has 5 aromatic carbocycles. The molecule has 0 atom stereocenters. The van der Waals surface area contributed by atoms with Crippen LogP contribution in [0.2, 0.25) is 0 Å². The molecule has 0 spiro atoms. The van der Waals surface area contributed by atoms with E-state index >= 15 is 8.78 Å². The van der Waals surface area contributed by atoms with Crippen molar-refractivity contribution in [3.8, 4) is 39.1 Å². The minimum atomic E-state index is -5.11. The molecule has 0 heterocycles. The average Bonchev–Trinajstić information content (AvgIpc) is 3.04. The van der Waals surface area contributed by atoms with Gasteiger partial charge in [-0.15, -0.1) is 0 Å². The van der Waals surface area contributed by atoms with Gasteiger partial charge in [-0.05, 0) is 89.2 Å². The zero-order valence-corrected chi connectivity index (χ0v) is 25.8. The predicted molar refractivity (Wildman–Crippen MR) is 167 cm³/mol. The van der Waals surface area contributed by atoms with Crippen molar-refractivity contribution < 1.29 is 48.6 Å². The second-order valence-corrected chi connectivity index (χ2v) is 11.4. The van der Waals surface area contributed by atoms with Crippen LogP contribution in [0.4, 0.5) is 43.9 Å². The molecule has 5 rings (SSSR count). The second kappa shape index (κ2) is 14.4. The Labute approximate surface area is 275 Å². The summed E-state index contributed by atoms with van der Waals surface area (Å²) in [6.45, 7) is 2.08. The Kier molecular flexibility index (Phi) is 10.4. The fourth-order valence-electron chi connectivity index (χ4n) is 5.37. The third-order valence-electron chi connectivity index (χ3n) is 8.00. The van der Waals surface area contributed by atoms with Crippen LogP contribution in [-0.4, -0.2) is 6.43 Å². The maximum atomic E-state index is 15.2. The first kappa shape index (κ1) is 35.5. The van der Waals surface area contributed by atoms with Crippen LogP contribution in [-0.2, 0) is 18.5 Å². The third kappa shape index (κ3) is 7.76. The van der Waals surface area contributed by atoms with Crippen molar-refractivity contribution in [2.75, 3.05) is 0 Å². The molecule has 1 nitrogen and oxygen atoms in total. The number of rotatable bonds is 12. The zero-order valence-electron chi connectivity index (χ0n) is 25.8. The largest absolute Gasteiger partial charge is 0.429 e. The highest BCUT2D eigenvalue weighted by atomic mass is 19.3. The first-order chi connectivity index (χ1) is 23.2. The van der Waals surface area contributed by atoms with Crippen molar-refractivity contribution in [1.29, 1.82) is 0 Å². The third-order valence-corrected chi connectivity index (χ3v) is 8.00. The molecule has 0 amide bonds. The second-order valence-electron chi connectivity index (χ2n) is 11.4. The molecule has 5 aromatic rings. The van der Waals surface area contributed by atoms with Crippen LogP contribution in [0.15, 0.2) is 97.1 Å². The fourth-order valence-corrected chi connectivity index (χ4v) is 5.37. The van der Waals surface area contributed by atoms with Gasteiger partial charge in [0.2, 0.25) is 0 Å². The predicted octanol–water partition coefficient (Wildman–Crippen LogP) is 12.5. The van der Waals surface area contributed by atoms with Crippen LogP contribution in [0.5, 0.6) is 5.75 Å². The molecule has 0 aliphatic heterocycles. The molecule has 0 aliphatic rings. The lowest BCUT2D eigenvalue weighted by atomic mass is 9.96. The van der Waals surface area contributed by atoms with Crippen molar-refractivity contribution >= 4 is 0 Å². The highest BCUT2D eigenvalue weighted by Crippen LogP contribution is 2.40. The van der Waals surface area contributed by atoms with Gasteiger partial charge in [-0.3, -0.25) is 0 Å². The summed E-state index contributed by atoms with van der Waals surface area (Å²) in [6, 6.07) is 19.2. The van der Waals surface area contributed by atoms with Crippen LogP contribution in [0, 0.1) is 23.3 Å². The van der Waals surface area contributed by atoms with Crippen molar-refractivity contribution in [3.05, 3.63) is 137 Å². The minimum absolute atomic E-state index is 0.0204. The van der Waals surface area contributed by atoms with E-state index in [-0.39, 0.29) is 22.4 Å². The number of halogens is 10. The molecule has 0 unspecified atom stereocenters. The molecule has 0 saturated heterocycles. The highest BCUT2D eigenvalue weighted by Gasteiger charge is 2.47.